The Balaban J connectivity index is 1.96. The zero-order chi connectivity index (χ0) is 19.5. The molecule has 0 spiro atoms. The first-order valence-corrected chi connectivity index (χ1v) is 9.14. The Hall–Kier alpha value is -2.91. The molecule has 1 aliphatic carbocycles. The second kappa shape index (κ2) is 10.9. The molecule has 27 heavy (non-hydrogen) atoms. The summed E-state index contributed by atoms with van der Waals surface area (Å²) in [6.07, 6.45) is 6.58. The lowest BCUT2D eigenvalue weighted by Gasteiger charge is -2.22. The number of likely N-dealkylation sites (N-methyl/N-ethyl adjacent to an activating group) is 1. The lowest BCUT2D eigenvalue weighted by molar-refractivity contribution is -0.143. The van der Waals surface area contributed by atoms with Gasteiger partial charge in [0.05, 0.1) is 6.42 Å². The molecule has 6 nitrogen and oxygen atoms in total. The van der Waals surface area contributed by atoms with Gasteiger partial charge in [0.1, 0.15) is 12.4 Å². The Kier molecular flexibility index (Phi) is 8.27. The number of pyridine rings is 1. The molecule has 0 saturated heterocycles. The van der Waals surface area contributed by atoms with E-state index in [-0.39, 0.29) is 24.8 Å². The second-order valence-corrected chi connectivity index (χ2v) is 5.86. The second-order valence-electron chi connectivity index (χ2n) is 5.86. The van der Waals surface area contributed by atoms with Crippen LogP contribution in [-0.4, -0.2) is 54.5 Å². The normalized spacial score (nSPS) is 12.2. The van der Waals surface area contributed by atoms with E-state index in [0.717, 1.165) is 13.1 Å². The predicted molar refractivity (Wildman–Crippen MR) is 104 cm³/mol. The first kappa shape index (κ1) is 20.4. The molecule has 0 bridgehead atoms. The lowest BCUT2D eigenvalue weighted by atomic mass is 10.1. The van der Waals surface area contributed by atoms with E-state index in [1.165, 1.54) is 4.90 Å². The van der Waals surface area contributed by atoms with Crippen molar-refractivity contribution in [3.8, 4) is 0 Å². The van der Waals surface area contributed by atoms with Crippen LogP contribution in [0.1, 0.15) is 20.3 Å². The smallest absolute Gasteiger partial charge is 0.307 e. The van der Waals surface area contributed by atoms with Crippen LogP contribution in [0, 0.1) is 0 Å². The minimum atomic E-state index is -0.330. The summed E-state index contributed by atoms with van der Waals surface area (Å²) >= 11 is 0. The number of amides is 1. The minimum Gasteiger partial charge on any atom is -0.464 e. The Morgan fingerprint density at radius 2 is 1.96 bits per heavy atom. The molecule has 0 unspecified atom stereocenters. The molecule has 0 fully saturated rings. The maximum absolute atomic E-state index is 12.8. The molecular weight excluding hydrogens is 342 g/mol. The van der Waals surface area contributed by atoms with Gasteiger partial charge in [0, 0.05) is 30.9 Å². The van der Waals surface area contributed by atoms with Gasteiger partial charge in [0.15, 0.2) is 0 Å². The molecule has 142 valence electrons. The number of aromatic nitrogens is 1. The number of esters is 1. The fraction of sp³-hybridized carbons (Fsp3) is 0.381. The summed E-state index contributed by atoms with van der Waals surface area (Å²) in [7, 11) is 0. The predicted octanol–water partition coefficient (Wildman–Crippen LogP) is 2.50. The number of allylic oxidation sites excluding steroid dienone is 2. The third-order valence-corrected chi connectivity index (χ3v) is 4.18. The fourth-order valence-corrected chi connectivity index (χ4v) is 2.57. The number of carbonyl (C=O) groups is 2. The van der Waals surface area contributed by atoms with E-state index in [2.05, 4.69) is 35.2 Å². The molecule has 1 aromatic rings. The van der Waals surface area contributed by atoms with Gasteiger partial charge in [-0.05, 0) is 37.4 Å². The topological polar surface area (TPSA) is 62.7 Å². The Morgan fingerprint density at radius 3 is 2.59 bits per heavy atom. The van der Waals surface area contributed by atoms with Gasteiger partial charge in [0.2, 0.25) is 0 Å². The van der Waals surface area contributed by atoms with E-state index in [0.29, 0.717) is 24.5 Å². The van der Waals surface area contributed by atoms with Gasteiger partial charge in [-0.15, -0.1) is 0 Å². The maximum atomic E-state index is 12.8. The first-order valence-electron chi connectivity index (χ1n) is 9.14. The fourth-order valence-electron chi connectivity index (χ4n) is 2.57. The molecular formula is C21H25N3O3. The Morgan fingerprint density at radius 1 is 1.15 bits per heavy atom. The Labute approximate surface area is 160 Å². The first-order chi connectivity index (χ1) is 13.2. The summed E-state index contributed by atoms with van der Waals surface area (Å²) in [5, 5.41) is 0. The molecule has 1 heterocycles. The number of nitrogens with zero attached hydrogens (tertiary/aromatic N) is 3. The summed E-state index contributed by atoms with van der Waals surface area (Å²) < 4.78 is 5.30. The Bertz CT molecular complexity index is 769. The lowest BCUT2D eigenvalue weighted by Crippen LogP contribution is -2.35. The van der Waals surface area contributed by atoms with Crippen molar-refractivity contribution in [2.45, 2.75) is 20.3 Å². The third-order valence-electron chi connectivity index (χ3n) is 4.18. The number of hydrogen-bond donors (Lipinski definition) is 0. The number of anilines is 1. The highest BCUT2D eigenvalue weighted by molar-refractivity contribution is 6.07. The van der Waals surface area contributed by atoms with Gasteiger partial charge in [-0.2, -0.15) is 0 Å². The van der Waals surface area contributed by atoms with Crippen LogP contribution >= 0.6 is 0 Å². The number of carbonyl (C=O) groups excluding carboxylic acids is 2. The van der Waals surface area contributed by atoms with Crippen molar-refractivity contribution in [1.82, 2.24) is 9.88 Å². The van der Waals surface area contributed by atoms with E-state index in [1.54, 1.807) is 42.6 Å². The molecule has 1 aliphatic rings. The third kappa shape index (κ3) is 6.39. The van der Waals surface area contributed by atoms with E-state index in [9.17, 15) is 9.59 Å². The largest absolute Gasteiger partial charge is 0.464 e. The molecule has 0 N–H and O–H groups in total. The van der Waals surface area contributed by atoms with Gasteiger partial charge in [-0.25, -0.2) is 4.98 Å². The molecule has 2 rings (SSSR count). The summed E-state index contributed by atoms with van der Waals surface area (Å²) in [5.41, 5.74) is 6.01. The average molecular weight is 367 g/mol. The summed E-state index contributed by atoms with van der Waals surface area (Å²) in [6, 6.07) is 5.32. The van der Waals surface area contributed by atoms with Crippen LogP contribution < -0.4 is 4.90 Å². The van der Waals surface area contributed by atoms with Gasteiger partial charge in [-0.1, -0.05) is 31.4 Å². The van der Waals surface area contributed by atoms with Gasteiger partial charge < -0.3 is 9.64 Å². The zero-order valence-electron chi connectivity index (χ0n) is 15.9. The van der Waals surface area contributed by atoms with Gasteiger partial charge in [0.25, 0.3) is 5.91 Å². The zero-order valence-corrected chi connectivity index (χ0v) is 15.9. The highest BCUT2D eigenvalue weighted by atomic mass is 16.5. The van der Waals surface area contributed by atoms with Crippen molar-refractivity contribution in [3.63, 3.8) is 0 Å². The molecule has 6 heteroatoms. The molecule has 0 saturated carbocycles. The molecule has 1 aromatic heterocycles. The number of hydrogen-bond acceptors (Lipinski definition) is 5. The molecule has 0 aromatic carbocycles. The highest BCUT2D eigenvalue weighted by Gasteiger charge is 2.21. The van der Waals surface area contributed by atoms with E-state index in [4.69, 9.17) is 4.74 Å². The van der Waals surface area contributed by atoms with Crippen LogP contribution in [-0.2, 0) is 14.3 Å². The minimum absolute atomic E-state index is 0.100. The van der Waals surface area contributed by atoms with E-state index in [1.807, 2.05) is 0 Å². The molecule has 0 radical (unpaired) electrons. The summed E-state index contributed by atoms with van der Waals surface area (Å²) in [6.45, 7) is 7.22. The summed E-state index contributed by atoms with van der Waals surface area (Å²) in [5.74, 6) is -0.0787. The van der Waals surface area contributed by atoms with Crippen LogP contribution in [0.5, 0.6) is 0 Å². The quantitative estimate of drug-likeness (QED) is 0.470. The molecule has 1 amide bonds. The van der Waals surface area contributed by atoms with Crippen molar-refractivity contribution in [2.75, 3.05) is 37.7 Å². The monoisotopic (exact) mass is 367 g/mol. The maximum Gasteiger partial charge on any atom is 0.307 e. The average Bonchev–Trinajstić information content (AvgIpc) is 2.72. The standard InChI is InChI=1S/C21H25N3O3/c1-3-23(4-2)16-17-27-20(25)13-15-24(19-12-8-9-14-22-19)21(26)18-10-6-5-7-11-18/h6,8-12,14H,3-4,13,15-17H2,1-2H3. The van der Waals surface area contributed by atoms with Crippen molar-refractivity contribution in [2.24, 2.45) is 0 Å². The number of rotatable bonds is 10. The summed E-state index contributed by atoms with van der Waals surface area (Å²) in [4.78, 5) is 32.8. The molecule has 0 aliphatic heterocycles. The van der Waals surface area contributed by atoms with Crippen molar-refractivity contribution < 1.29 is 14.3 Å². The van der Waals surface area contributed by atoms with Crippen LogP contribution in [0.25, 0.3) is 0 Å². The number of ether oxygens (including phenoxy) is 1. The van der Waals surface area contributed by atoms with Gasteiger partial charge in [-0.3, -0.25) is 14.5 Å². The molecule has 0 atom stereocenters. The highest BCUT2D eigenvalue weighted by Crippen LogP contribution is 2.15. The van der Waals surface area contributed by atoms with Crippen molar-refractivity contribution >= 4 is 17.7 Å². The SMILES string of the molecule is CCN(CC)CCOC(=O)CCN(C(=O)C1=CC=C=C=C1)c1ccccn1. The van der Waals surface area contributed by atoms with Crippen LogP contribution in [0.2, 0.25) is 0 Å². The van der Waals surface area contributed by atoms with Gasteiger partial charge >= 0.3 is 5.97 Å². The van der Waals surface area contributed by atoms with Crippen molar-refractivity contribution in [1.29, 1.82) is 0 Å². The van der Waals surface area contributed by atoms with Crippen molar-refractivity contribution in [3.05, 3.63) is 59.7 Å². The van der Waals surface area contributed by atoms with Crippen LogP contribution in [0.15, 0.2) is 59.7 Å². The van der Waals surface area contributed by atoms with Crippen LogP contribution in [0.4, 0.5) is 5.82 Å². The van der Waals surface area contributed by atoms with E-state index < -0.39 is 0 Å². The van der Waals surface area contributed by atoms with E-state index >= 15 is 0 Å². The van der Waals surface area contributed by atoms with Crippen LogP contribution in [0.3, 0.4) is 0 Å².